The molecule has 0 amide bonds. The first-order valence-electron chi connectivity index (χ1n) is 8.87. The van der Waals surface area contributed by atoms with E-state index in [2.05, 4.69) is 15.6 Å². The molecular weight excluding hydrogens is 476 g/mol. The number of rotatable bonds is 8. The van der Waals surface area contributed by atoms with Gasteiger partial charge in [0.25, 0.3) is 0 Å². The number of methoxy groups -OCH3 is 1. The van der Waals surface area contributed by atoms with E-state index < -0.39 is 11.9 Å². The molecule has 0 fully saturated rings. The van der Waals surface area contributed by atoms with Crippen molar-refractivity contribution >= 4 is 35.6 Å². The molecule has 0 aliphatic rings. The minimum Gasteiger partial charge on any atom is -0.493 e. The number of hydrogen-bond acceptors (Lipinski definition) is 4. The number of benzene rings is 2. The molecule has 0 spiro atoms. The molecule has 1 unspecified atom stereocenters. The Labute approximate surface area is 182 Å². The summed E-state index contributed by atoms with van der Waals surface area (Å²) in [5.74, 6) is 1.28. The number of guanidine groups is 1. The Morgan fingerprint density at radius 3 is 2.57 bits per heavy atom. The van der Waals surface area contributed by atoms with Crippen LogP contribution in [-0.2, 0) is 0 Å². The van der Waals surface area contributed by atoms with Crippen molar-refractivity contribution in [2.45, 2.75) is 20.0 Å². The van der Waals surface area contributed by atoms with E-state index in [-0.39, 0.29) is 36.1 Å². The zero-order chi connectivity index (χ0) is 19.6. The van der Waals surface area contributed by atoms with Crippen LogP contribution < -0.4 is 20.1 Å². The first-order valence-corrected chi connectivity index (χ1v) is 8.87. The lowest BCUT2D eigenvalue weighted by molar-refractivity contribution is 0.182. The number of aliphatic imine (C=N–C) groups is 1. The van der Waals surface area contributed by atoms with E-state index >= 15 is 0 Å². The second-order valence-electron chi connectivity index (χ2n) is 5.68. The molecule has 2 rings (SSSR count). The molecule has 8 heteroatoms. The average molecular weight is 503 g/mol. The monoisotopic (exact) mass is 503 g/mol. The Kier molecular flexibility index (Phi) is 10.6. The number of nitrogens with zero attached hydrogens (tertiary/aromatic N) is 1. The summed E-state index contributed by atoms with van der Waals surface area (Å²) in [5, 5.41) is 16.5. The first kappa shape index (κ1) is 24.0. The summed E-state index contributed by atoms with van der Waals surface area (Å²) in [4.78, 5) is 4.35. The van der Waals surface area contributed by atoms with E-state index in [1.54, 1.807) is 31.4 Å². The van der Waals surface area contributed by atoms with Crippen LogP contribution in [-0.4, -0.2) is 37.9 Å². The van der Waals surface area contributed by atoms with Crippen LogP contribution in [0.25, 0.3) is 0 Å². The highest BCUT2D eigenvalue weighted by atomic mass is 127. The number of halogens is 2. The molecule has 0 aliphatic carbocycles. The SMILES string of the molecule is CCNC(=NCC(O)c1ccccc1F)Nc1ccc(OC)c(OCC)c1.I. The third-order valence-electron chi connectivity index (χ3n) is 3.76. The summed E-state index contributed by atoms with van der Waals surface area (Å²) in [5.41, 5.74) is 0.972. The zero-order valence-electron chi connectivity index (χ0n) is 16.2. The molecule has 0 saturated carbocycles. The molecule has 0 aliphatic heterocycles. The van der Waals surface area contributed by atoms with Crippen molar-refractivity contribution in [2.75, 3.05) is 32.1 Å². The van der Waals surface area contributed by atoms with E-state index in [0.717, 1.165) is 5.69 Å². The predicted octanol–water partition coefficient (Wildman–Crippen LogP) is 3.96. The highest BCUT2D eigenvalue weighted by Gasteiger charge is 2.12. The van der Waals surface area contributed by atoms with Crippen LogP contribution in [0, 0.1) is 5.82 Å². The van der Waals surface area contributed by atoms with Gasteiger partial charge in [-0.25, -0.2) is 9.38 Å². The van der Waals surface area contributed by atoms with Crippen LogP contribution >= 0.6 is 24.0 Å². The Bertz CT molecular complexity index is 774. The van der Waals surface area contributed by atoms with Crippen molar-refractivity contribution in [3.05, 3.63) is 53.8 Å². The quantitative estimate of drug-likeness (QED) is 0.289. The number of ether oxygens (including phenoxy) is 2. The third kappa shape index (κ3) is 6.83. The van der Waals surface area contributed by atoms with Gasteiger partial charge >= 0.3 is 0 Å². The lowest BCUT2D eigenvalue weighted by Crippen LogP contribution is -2.31. The Balaban J connectivity index is 0.00000392. The van der Waals surface area contributed by atoms with Gasteiger partial charge in [-0.2, -0.15) is 0 Å². The minimum absolute atomic E-state index is 0. The molecule has 0 aromatic heterocycles. The molecule has 0 saturated heterocycles. The van der Waals surface area contributed by atoms with E-state index in [0.29, 0.717) is 30.6 Å². The lowest BCUT2D eigenvalue weighted by Gasteiger charge is -2.15. The van der Waals surface area contributed by atoms with Crippen LogP contribution in [0.15, 0.2) is 47.5 Å². The maximum Gasteiger partial charge on any atom is 0.195 e. The largest absolute Gasteiger partial charge is 0.493 e. The standard InChI is InChI=1S/C20H26FN3O3.HI/c1-4-22-20(23-13-17(25)15-8-6-7-9-16(15)21)24-14-10-11-18(26-3)19(12-14)27-5-2;/h6-12,17,25H,4-5,13H2,1-3H3,(H2,22,23,24);1H. The van der Waals surface area contributed by atoms with Gasteiger partial charge in [-0.1, -0.05) is 18.2 Å². The maximum atomic E-state index is 13.8. The van der Waals surface area contributed by atoms with E-state index in [9.17, 15) is 9.50 Å². The van der Waals surface area contributed by atoms with Gasteiger partial charge in [-0.15, -0.1) is 24.0 Å². The number of aliphatic hydroxyl groups is 1. The smallest absolute Gasteiger partial charge is 0.195 e. The first-order chi connectivity index (χ1) is 13.1. The maximum absolute atomic E-state index is 13.8. The topological polar surface area (TPSA) is 75.1 Å². The summed E-state index contributed by atoms with van der Waals surface area (Å²) in [6, 6.07) is 11.6. The van der Waals surface area contributed by atoms with Gasteiger partial charge < -0.3 is 25.2 Å². The molecular formula is C20H27FIN3O3. The van der Waals surface area contributed by atoms with E-state index in [4.69, 9.17) is 9.47 Å². The van der Waals surface area contributed by atoms with Crippen LogP contribution in [0.1, 0.15) is 25.5 Å². The molecule has 6 nitrogen and oxygen atoms in total. The van der Waals surface area contributed by atoms with Crippen LogP contribution in [0.2, 0.25) is 0 Å². The molecule has 2 aromatic carbocycles. The summed E-state index contributed by atoms with van der Waals surface area (Å²) < 4.78 is 24.6. The molecule has 0 heterocycles. The van der Waals surface area contributed by atoms with Gasteiger partial charge in [-0.05, 0) is 32.0 Å². The molecule has 0 radical (unpaired) electrons. The van der Waals surface area contributed by atoms with Crippen LogP contribution in [0.5, 0.6) is 11.5 Å². The van der Waals surface area contributed by atoms with Crippen LogP contribution in [0.4, 0.5) is 10.1 Å². The number of anilines is 1. The van der Waals surface area contributed by atoms with E-state index in [1.165, 1.54) is 6.07 Å². The fourth-order valence-corrected chi connectivity index (χ4v) is 2.49. The Morgan fingerprint density at radius 2 is 1.93 bits per heavy atom. The second-order valence-corrected chi connectivity index (χ2v) is 5.68. The van der Waals surface area contributed by atoms with Crippen LogP contribution in [0.3, 0.4) is 0 Å². The summed E-state index contributed by atoms with van der Waals surface area (Å²) >= 11 is 0. The van der Waals surface area contributed by atoms with Crippen molar-refractivity contribution in [3.63, 3.8) is 0 Å². The van der Waals surface area contributed by atoms with Gasteiger partial charge in [0, 0.05) is 23.9 Å². The summed E-state index contributed by atoms with van der Waals surface area (Å²) in [7, 11) is 1.58. The van der Waals surface area contributed by atoms with Gasteiger partial charge in [0.1, 0.15) is 11.9 Å². The molecule has 154 valence electrons. The van der Waals surface area contributed by atoms with Crippen molar-refractivity contribution in [3.8, 4) is 11.5 Å². The van der Waals surface area contributed by atoms with Crippen molar-refractivity contribution in [1.29, 1.82) is 0 Å². The zero-order valence-corrected chi connectivity index (χ0v) is 18.6. The highest BCUT2D eigenvalue weighted by Crippen LogP contribution is 2.30. The third-order valence-corrected chi connectivity index (χ3v) is 3.76. The Morgan fingerprint density at radius 1 is 1.18 bits per heavy atom. The number of hydrogen-bond donors (Lipinski definition) is 3. The van der Waals surface area contributed by atoms with Crippen molar-refractivity contribution < 1.29 is 19.0 Å². The number of aliphatic hydroxyl groups excluding tert-OH is 1. The molecule has 0 bridgehead atoms. The fourth-order valence-electron chi connectivity index (χ4n) is 2.49. The van der Waals surface area contributed by atoms with Gasteiger partial charge in [0.15, 0.2) is 17.5 Å². The van der Waals surface area contributed by atoms with Gasteiger partial charge in [-0.3, -0.25) is 0 Å². The molecule has 2 aromatic rings. The fraction of sp³-hybridized carbons (Fsp3) is 0.350. The number of nitrogens with one attached hydrogen (secondary N) is 2. The van der Waals surface area contributed by atoms with Crippen molar-refractivity contribution in [2.24, 2.45) is 4.99 Å². The molecule has 1 atom stereocenters. The summed E-state index contributed by atoms with van der Waals surface area (Å²) in [6.45, 7) is 5.00. The van der Waals surface area contributed by atoms with Gasteiger partial charge in [0.05, 0.1) is 20.3 Å². The average Bonchev–Trinajstić information content (AvgIpc) is 2.67. The minimum atomic E-state index is -1.03. The summed E-state index contributed by atoms with van der Waals surface area (Å²) in [6.07, 6.45) is -1.03. The van der Waals surface area contributed by atoms with Gasteiger partial charge in [0.2, 0.25) is 0 Å². The molecule has 3 N–H and O–H groups in total. The normalized spacial score (nSPS) is 12.0. The lowest BCUT2D eigenvalue weighted by atomic mass is 10.1. The second kappa shape index (κ2) is 12.4. The predicted molar refractivity (Wildman–Crippen MR) is 121 cm³/mol. The Hall–Kier alpha value is -2.07. The van der Waals surface area contributed by atoms with Crippen molar-refractivity contribution in [1.82, 2.24) is 5.32 Å². The molecule has 28 heavy (non-hydrogen) atoms. The van der Waals surface area contributed by atoms with E-state index in [1.807, 2.05) is 26.0 Å². The highest BCUT2D eigenvalue weighted by molar-refractivity contribution is 14.0.